The quantitative estimate of drug-likeness (QED) is 0.698. The third-order valence-electron chi connectivity index (χ3n) is 3.60. The van der Waals surface area contributed by atoms with Gasteiger partial charge < -0.3 is 10.6 Å². The number of aromatic nitrogens is 2. The zero-order valence-corrected chi connectivity index (χ0v) is 14.2. The van der Waals surface area contributed by atoms with Gasteiger partial charge in [0.1, 0.15) is 11.5 Å². The fourth-order valence-electron chi connectivity index (χ4n) is 2.29. The Bertz CT molecular complexity index is 1040. The number of rotatable bonds is 4. The van der Waals surface area contributed by atoms with E-state index < -0.39 is 17.6 Å². The summed E-state index contributed by atoms with van der Waals surface area (Å²) >= 11 is 0. The fourth-order valence-corrected chi connectivity index (χ4v) is 2.29. The molecule has 2 N–H and O–H groups in total. The molecule has 2 aromatic carbocycles. The van der Waals surface area contributed by atoms with Crippen LogP contribution >= 0.6 is 0 Å². The van der Waals surface area contributed by atoms with Gasteiger partial charge in [-0.1, -0.05) is 12.1 Å². The molecule has 1 amide bonds. The second-order valence-electron chi connectivity index (χ2n) is 5.64. The molecule has 0 bridgehead atoms. The summed E-state index contributed by atoms with van der Waals surface area (Å²) in [5.74, 6) is -0.351. The molecule has 0 radical (unpaired) electrons. The molecule has 0 fully saturated rings. The topological polar surface area (TPSA) is 90.7 Å². The van der Waals surface area contributed by atoms with Crippen molar-refractivity contribution < 1.29 is 18.0 Å². The number of nitrogens with zero attached hydrogens (tertiary/aromatic N) is 3. The van der Waals surface area contributed by atoms with Gasteiger partial charge in [0, 0.05) is 11.4 Å². The number of amides is 1. The highest BCUT2D eigenvalue weighted by molar-refractivity contribution is 6.02. The maximum atomic E-state index is 12.8. The molecule has 0 saturated heterocycles. The average molecular weight is 383 g/mol. The normalized spacial score (nSPS) is 10.8. The van der Waals surface area contributed by atoms with Crippen molar-refractivity contribution >= 4 is 23.1 Å². The fraction of sp³-hybridized carbons (Fsp3) is 0.0526. The molecule has 0 unspecified atom stereocenters. The van der Waals surface area contributed by atoms with Gasteiger partial charge in [-0.2, -0.15) is 18.4 Å². The van der Waals surface area contributed by atoms with Gasteiger partial charge in [0.05, 0.1) is 29.6 Å². The Kier molecular flexibility index (Phi) is 5.22. The van der Waals surface area contributed by atoms with Gasteiger partial charge in [-0.3, -0.25) is 4.79 Å². The minimum absolute atomic E-state index is 0.0111. The van der Waals surface area contributed by atoms with Gasteiger partial charge in [-0.15, -0.1) is 0 Å². The molecule has 3 rings (SSSR count). The number of alkyl halides is 3. The van der Waals surface area contributed by atoms with E-state index in [1.807, 2.05) is 6.07 Å². The van der Waals surface area contributed by atoms with Crippen molar-refractivity contribution in [3.05, 3.63) is 77.7 Å². The van der Waals surface area contributed by atoms with E-state index in [-0.39, 0.29) is 17.2 Å². The summed E-state index contributed by atoms with van der Waals surface area (Å²) in [6, 6.07) is 13.0. The molecule has 9 heteroatoms. The third kappa shape index (κ3) is 4.62. The van der Waals surface area contributed by atoms with E-state index in [2.05, 4.69) is 20.6 Å². The summed E-state index contributed by atoms with van der Waals surface area (Å²) in [5.41, 5.74) is 0.231. The second kappa shape index (κ2) is 7.75. The molecule has 0 aliphatic carbocycles. The molecule has 0 saturated carbocycles. The predicted octanol–water partition coefficient (Wildman–Crippen LogP) is 4.36. The van der Waals surface area contributed by atoms with E-state index in [0.717, 1.165) is 12.1 Å². The highest BCUT2D eigenvalue weighted by Gasteiger charge is 2.30. The summed E-state index contributed by atoms with van der Waals surface area (Å²) in [5, 5.41) is 14.2. The number of hydrogen-bond acceptors (Lipinski definition) is 5. The Hall–Kier alpha value is -3.93. The lowest BCUT2D eigenvalue weighted by molar-refractivity contribution is -0.137. The molecular formula is C19H12F3N5O. The largest absolute Gasteiger partial charge is 0.416 e. The number of carbonyl (C=O) groups excluding carboxylic acids is 1. The van der Waals surface area contributed by atoms with Gasteiger partial charge in [-0.25, -0.2) is 9.97 Å². The van der Waals surface area contributed by atoms with Crippen LogP contribution in [-0.2, 0) is 6.18 Å². The van der Waals surface area contributed by atoms with Crippen molar-refractivity contribution in [1.29, 1.82) is 5.26 Å². The SMILES string of the molecule is N#Cc1cccc(NC(=O)c2cnc(Nc3cccc(C(F)(F)F)c3)cn2)c1. The van der Waals surface area contributed by atoms with Crippen LogP contribution in [0.1, 0.15) is 21.6 Å². The van der Waals surface area contributed by atoms with Crippen molar-refractivity contribution in [1.82, 2.24) is 9.97 Å². The van der Waals surface area contributed by atoms with E-state index in [9.17, 15) is 18.0 Å². The molecule has 28 heavy (non-hydrogen) atoms. The maximum Gasteiger partial charge on any atom is 0.416 e. The number of carbonyl (C=O) groups is 1. The Morgan fingerprint density at radius 2 is 1.75 bits per heavy atom. The van der Waals surface area contributed by atoms with Crippen LogP contribution in [-0.4, -0.2) is 15.9 Å². The van der Waals surface area contributed by atoms with Crippen molar-refractivity contribution in [2.75, 3.05) is 10.6 Å². The van der Waals surface area contributed by atoms with Crippen LogP contribution in [0.2, 0.25) is 0 Å². The molecule has 0 atom stereocenters. The Morgan fingerprint density at radius 1 is 1.00 bits per heavy atom. The minimum Gasteiger partial charge on any atom is -0.339 e. The standard InChI is InChI=1S/C19H12F3N5O/c20-19(21,22)13-4-2-6-15(8-13)26-17-11-24-16(10-25-17)18(28)27-14-5-1-3-12(7-14)9-23/h1-8,10-11H,(H,25,26)(H,27,28). The Balaban J connectivity index is 1.69. The summed E-state index contributed by atoms with van der Waals surface area (Å²) in [4.78, 5) is 20.2. The summed E-state index contributed by atoms with van der Waals surface area (Å²) in [7, 11) is 0. The van der Waals surface area contributed by atoms with Crippen molar-refractivity contribution in [2.24, 2.45) is 0 Å². The van der Waals surface area contributed by atoms with Crippen LogP contribution in [0.3, 0.4) is 0 Å². The molecule has 1 heterocycles. The molecule has 3 aromatic rings. The lowest BCUT2D eigenvalue weighted by Gasteiger charge is -2.10. The highest BCUT2D eigenvalue weighted by Crippen LogP contribution is 2.31. The molecule has 0 aliphatic rings. The van der Waals surface area contributed by atoms with E-state index >= 15 is 0 Å². The van der Waals surface area contributed by atoms with E-state index in [1.54, 1.807) is 18.2 Å². The molecule has 6 nitrogen and oxygen atoms in total. The number of nitrogens with one attached hydrogen (secondary N) is 2. The highest BCUT2D eigenvalue weighted by atomic mass is 19.4. The number of anilines is 3. The predicted molar refractivity (Wildman–Crippen MR) is 95.9 cm³/mol. The number of halogens is 3. The Labute approximate surface area is 157 Å². The van der Waals surface area contributed by atoms with E-state index in [1.165, 1.54) is 30.6 Å². The maximum absolute atomic E-state index is 12.8. The molecule has 0 aliphatic heterocycles. The van der Waals surface area contributed by atoms with E-state index in [4.69, 9.17) is 5.26 Å². The number of nitriles is 1. The van der Waals surface area contributed by atoms with Crippen LogP contribution in [0.4, 0.5) is 30.4 Å². The van der Waals surface area contributed by atoms with Crippen LogP contribution in [0.5, 0.6) is 0 Å². The first-order valence-electron chi connectivity index (χ1n) is 7.93. The van der Waals surface area contributed by atoms with E-state index in [0.29, 0.717) is 11.3 Å². The third-order valence-corrected chi connectivity index (χ3v) is 3.60. The van der Waals surface area contributed by atoms with Gasteiger partial charge in [-0.05, 0) is 36.4 Å². The van der Waals surface area contributed by atoms with Gasteiger partial charge in [0.2, 0.25) is 0 Å². The van der Waals surface area contributed by atoms with Crippen LogP contribution in [0, 0.1) is 11.3 Å². The zero-order chi connectivity index (χ0) is 20.1. The summed E-state index contributed by atoms with van der Waals surface area (Å²) in [6.07, 6.45) is -2.02. The van der Waals surface area contributed by atoms with Crippen molar-refractivity contribution in [2.45, 2.75) is 6.18 Å². The summed E-state index contributed by atoms with van der Waals surface area (Å²) < 4.78 is 38.3. The lowest BCUT2D eigenvalue weighted by Crippen LogP contribution is -2.14. The van der Waals surface area contributed by atoms with Gasteiger partial charge in [0.15, 0.2) is 0 Å². The minimum atomic E-state index is -4.45. The average Bonchev–Trinajstić information content (AvgIpc) is 2.68. The molecule has 140 valence electrons. The first kappa shape index (κ1) is 18.8. The zero-order valence-electron chi connectivity index (χ0n) is 14.2. The lowest BCUT2D eigenvalue weighted by atomic mass is 10.2. The Morgan fingerprint density at radius 3 is 2.43 bits per heavy atom. The van der Waals surface area contributed by atoms with Crippen molar-refractivity contribution in [3.8, 4) is 6.07 Å². The number of hydrogen-bond donors (Lipinski definition) is 2. The van der Waals surface area contributed by atoms with Crippen LogP contribution in [0.15, 0.2) is 60.9 Å². The first-order chi connectivity index (χ1) is 13.3. The molecular weight excluding hydrogens is 371 g/mol. The summed E-state index contributed by atoms with van der Waals surface area (Å²) in [6.45, 7) is 0. The second-order valence-corrected chi connectivity index (χ2v) is 5.64. The van der Waals surface area contributed by atoms with Crippen LogP contribution in [0.25, 0.3) is 0 Å². The first-order valence-corrected chi connectivity index (χ1v) is 7.93. The monoisotopic (exact) mass is 383 g/mol. The van der Waals surface area contributed by atoms with Crippen LogP contribution < -0.4 is 10.6 Å². The molecule has 1 aromatic heterocycles. The van der Waals surface area contributed by atoms with Crippen molar-refractivity contribution in [3.63, 3.8) is 0 Å². The smallest absolute Gasteiger partial charge is 0.339 e. The number of benzene rings is 2. The molecule has 0 spiro atoms. The van der Waals surface area contributed by atoms with Gasteiger partial charge >= 0.3 is 6.18 Å². The van der Waals surface area contributed by atoms with Gasteiger partial charge in [0.25, 0.3) is 5.91 Å².